The Labute approximate surface area is 180 Å². The molecule has 0 bridgehead atoms. The van der Waals surface area contributed by atoms with Crippen LogP contribution in [0.1, 0.15) is 55.5 Å². The minimum absolute atomic E-state index is 0.00813. The van der Waals surface area contributed by atoms with E-state index in [1.807, 2.05) is 38.1 Å². The SMILES string of the molecule is CCNC(=NCCc1cccc(C(=O)N(C)C)c1)NC1CCC(C(=O)OCC)CC1. The fraction of sp³-hybridized carbons (Fsp3) is 0.609. The third-order valence-electron chi connectivity index (χ3n) is 5.28. The van der Waals surface area contributed by atoms with E-state index in [0.29, 0.717) is 24.8 Å². The number of hydrogen-bond acceptors (Lipinski definition) is 4. The van der Waals surface area contributed by atoms with Gasteiger partial charge < -0.3 is 20.3 Å². The van der Waals surface area contributed by atoms with Gasteiger partial charge in [0, 0.05) is 38.8 Å². The largest absolute Gasteiger partial charge is 0.466 e. The molecule has 0 spiro atoms. The van der Waals surface area contributed by atoms with Crippen molar-refractivity contribution in [1.29, 1.82) is 0 Å². The van der Waals surface area contributed by atoms with E-state index in [-0.39, 0.29) is 17.8 Å². The van der Waals surface area contributed by atoms with Gasteiger partial charge in [-0.1, -0.05) is 12.1 Å². The number of nitrogens with zero attached hydrogens (tertiary/aromatic N) is 2. The van der Waals surface area contributed by atoms with Crippen LogP contribution >= 0.6 is 0 Å². The summed E-state index contributed by atoms with van der Waals surface area (Å²) in [5, 5.41) is 6.81. The van der Waals surface area contributed by atoms with Gasteiger partial charge in [0.2, 0.25) is 0 Å². The summed E-state index contributed by atoms with van der Waals surface area (Å²) < 4.78 is 5.15. The Morgan fingerprint density at radius 1 is 1.17 bits per heavy atom. The van der Waals surface area contributed by atoms with E-state index < -0.39 is 0 Å². The van der Waals surface area contributed by atoms with Crippen molar-refractivity contribution >= 4 is 17.8 Å². The molecule has 0 unspecified atom stereocenters. The highest BCUT2D eigenvalue weighted by atomic mass is 16.5. The molecule has 1 aliphatic rings. The lowest BCUT2D eigenvalue weighted by Gasteiger charge is -2.29. The van der Waals surface area contributed by atoms with E-state index in [1.54, 1.807) is 19.0 Å². The summed E-state index contributed by atoms with van der Waals surface area (Å²) in [7, 11) is 3.52. The van der Waals surface area contributed by atoms with E-state index in [1.165, 1.54) is 0 Å². The molecule has 1 aliphatic carbocycles. The van der Waals surface area contributed by atoms with Gasteiger partial charge >= 0.3 is 5.97 Å². The number of hydrogen-bond donors (Lipinski definition) is 2. The smallest absolute Gasteiger partial charge is 0.308 e. The summed E-state index contributed by atoms with van der Waals surface area (Å²) in [6.45, 7) is 5.76. The molecular weight excluding hydrogens is 380 g/mol. The first kappa shape index (κ1) is 23.7. The zero-order chi connectivity index (χ0) is 21.9. The van der Waals surface area contributed by atoms with Gasteiger partial charge in [0.25, 0.3) is 5.91 Å². The monoisotopic (exact) mass is 416 g/mol. The molecule has 0 radical (unpaired) electrons. The number of carbonyl (C=O) groups excluding carboxylic acids is 2. The van der Waals surface area contributed by atoms with Crippen molar-refractivity contribution in [2.24, 2.45) is 10.9 Å². The first-order chi connectivity index (χ1) is 14.4. The second-order valence-electron chi connectivity index (χ2n) is 7.86. The Bertz CT molecular complexity index is 725. The van der Waals surface area contributed by atoms with Crippen LogP contribution in [0.25, 0.3) is 0 Å². The molecule has 2 rings (SSSR count). The lowest BCUT2D eigenvalue weighted by molar-refractivity contribution is -0.149. The third kappa shape index (κ3) is 7.35. The normalized spacial score (nSPS) is 19.1. The number of ether oxygens (including phenoxy) is 1. The average Bonchev–Trinajstić information content (AvgIpc) is 2.74. The molecule has 0 heterocycles. The Morgan fingerprint density at radius 2 is 1.90 bits per heavy atom. The number of esters is 1. The summed E-state index contributed by atoms with van der Waals surface area (Å²) >= 11 is 0. The maximum Gasteiger partial charge on any atom is 0.308 e. The number of benzene rings is 1. The number of carbonyl (C=O) groups is 2. The van der Waals surface area contributed by atoms with Crippen LogP contribution in [0.5, 0.6) is 0 Å². The molecule has 1 aromatic rings. The molecular formula is C23H36N4O3. The van der Waals surface area contributed by atoms with Crippen molar-refractivity contribution in [1.82, 2.24) is 15.5 Å². The minimum atomic E-state index is -0.0634. The molecule has 0 saturated heterocycles. The van der Waals surface area contributed by atoms with Crippen molar-refractivity contribution in [3.05, 3.63) is 35.4 Å². The topological polar surface area (TPSA) is 83.0 Å². The number of aliphatic imine (C=N–C) groups is 1. The second kappa shape index (κ2) is 12.2. The number of nitrogens with one attached hydrogen (secondary N) is 2. The highest BCUT2D eigenvalue weighted by Crippen LogP contribution is 2.25. The van der Waals surface area contributed by atoms with Crippen molar-refractivity contribution in [2.75, 3.05) is 33.8 Å². The molecule has 7 heteroatoms. The first-order valence-corrected chi connectivity index (χ1v) is 11.0. The second-order valence-corrected chi connectivity index (χ2v) is 7.86. The summed E-state index contributed by atoms with van der Waals surface area (Å²) in [6.07, 6.45) is 4.33. The van der Waals surface area contributed by atoms with Gasteiger partial charge in [-0.25, -0.2) is 0 Å². The van der Waals surface area contributed by atoms with Crippen molar-refractivity contribution in [3.8, 4) is 0 Å². The molecule has 1 fully saturated rings. The third-order valence-corrected chi connectivity index (χ3v) is 5.28. The van der Waals surface area contributed by atoms with Crippen molar-refractivity contribution in [2.45, 2.75) is 52.0 Å². The van der Waals surface area contributed by atoms with Gasteiger partial charge in [-0.3, -0.25) is 14.6 Å². The Morgan fingerprint density at radius 3 is 2.53 bits per heavy atom. The highest BCUT2D eigenvalue weighted by molar-refractivity contribution is 5.94. The lowest BCUT2D eigenvalue weighted by Crippen LogP contribution is -2.45. The van der Waals surface area contributed by atoms with E-state index in [0.717, 1.165) is 50.2 Å². The van der Waals surface area contributed by atoms with Crippen LogP contribution in [0.3, 0.4) is 0 Å². The van der Waals surface area contributed by atoms with E-state index in [4.69, 9.17) is 9.73 Å². The fourth-order valence-corrected chi connectivity index (χ4v) is 3.66. The zero-order valence-electron chi connectivity index (χ0n) is 18.7. The van der Waals surface area contributed by atoms with Gasteiger partial charge in [-0.05, 0) is 63.6 Å². The number of rotatable bonds is 8. The summed E-state index contributed by atoms with van der Waals surface area (Å²) in [5.74, 6) is 0.776. The molecule has 2 N–H and O–H groups in total. The van der Waals surface area contributed by atoms with E-state index in [9.17, 15) is 9.59 Å². The van der Waals surface area contributed by atoms with Crippen LogP contribution in [0, 0.1) is 5.92 Å². The fourth-order valence-electron chi connectivity index (χ4n) is 3.66. The van der Waals surface area contributed by atoms with Crippen LogP contribution in [0.4, 0.5) is 0 Å². The quantitative estimate of drug-likeness (QED) is 0.387. The minimum Gasteiger partial charge on any atom is -0.466 e. The zero-order valence-corrected chi connectivity index (χ0v) is 18.7. The van der Waals surface area contributed by atoms with E-state index in [2.05, 4.69) is 10.6 Å². The Kier molecular flexibility index (Phi) is 9.64. The van der Waals surface area contributed by atoms with Crippen LogP contribution in [-0.4, -0.2) is 62.6 Å². The number of guanidine groups is 1. The summed E-state index contributed by atoms with van der Waals surface area (Å²) in [4.78, 5) is 30.3. The van der Waals surface area contributed by atoms with Crippen LogP contribution in [-0.2, 0) is 16.0 Å². The van der Waals surface area contributed by atoms with Crippen molar-refractivity contribution < 1.29 is 14.3 Å². The number of amides is 1. The molecule has 1 saturated carbocycles. The van der Waals surface area contributed by atoms with Crippen molar-refractivity contribution in [3.63, 3.8) is 0 Å². The Hall–Kier alpha value is -2.57. The molecule has 1 aromatic carbocycles. The summed E-state index contributed by atoms with van der Waals surface area (Å²) in [5.41, 5.74) is 1.79. The molecule has 0 aromatic heterocycles. The van der Waals surface area contributed by atoms with E-state index >= 15 is 0 Å². The molecule has 7 nitrogen and oxygen atoms in total. The maximum absolute atomic E-state index is 12.1. The average molecular weight is 417 g/mol. The molecule has 166 valence electrons. The van der Waals surface area contributed by atoms with Crippen LogP contribution < -0.4 is 10.6 Å². The standard InChI is InChI=1S/C23H36N4O3/c1-5-24-23(26-20-12-10-18(11-13-20)22(29)30-6-2)25-15-14-17-8-7-9-19(16-17)21(28)27(3)4/h7-9,16,18,20H,5-6,10-15H2,1-4H3,(H2,24,25,26). The highest BCUT2D eigenvalue weighted by Gasteiger charge is 2.27. The predicted molar refractivity (Wildman–Crippen MR) is 120 cm³/mol. The van der Waals surface area contributed by atoms with Gasteiger partial charge in [0.1, 0.15) is 0 Å². The molecule has 0 aliphatic heterocycles. The lowest BCUT2D eigenvalue weighted by atomic mass is 9.86. The first-order valence-electron chi connectivity index (χ1n) is 11.0. The van der Waals surface area contributed by atoms with Gasteiger partial charge in [0.15, 0.2) is 5.96 Å². The Balaban J connectivity index is 1.87. The van der Waals surface area contributed by atoms with Gasteiger partial charge in [-0.15, -0.1) is 0 Å². The summed E-state index contributed by atoms with van der Waals surface area (Å²) in [6, 6.07) is 8.04. The van der Waals surface area contributed by atoms with Crippen LogP contribution in [0.15, 0.2) is 29.3 Å². The molecule has 30 heavy (non-hydrogen) atoms. The van der Waals surface area contributed by atoms with Gasteiger partial charge in [0.05, 0.1) is 12.5 Å². The predicted octanol–water partition coefficient (Wildman–Crippen LogP) is 2.61. The van der Waals surface area contributed by atoms with Gasteiger partial charge in [-0.2, -0.15) is 0 Å². The molecule has 0 atom stereocenters. The maximum atomic E-state index is 12.1. The molecule has 1 amide bonds. The van der Waals surface area contributed by atoms with Crippen LogP contribution in [0.2, 0.25) is 0 Å².